The van der Waals surface area contributed by atoms with E-state index in [9.17, 15) is 4.57 Å². The minimum Gasteiger partial charge on any atom is -0.477 e. The van der Waals surface area contributed by atoms with E-state index in [-0.39, 0.29) is 0 Å². The summed E-state index contributed by atoms with van der Waals surface area (Å²) in [6.45, 7) is 8.99. The highest BCUT2D eigenvalue weighted by Gasteiger charge is 2.36. The fraction of sp³-hybridized carbons (Fsp3) is 0.684. The summed E-state index contributed by atoms with van der Waals surface area (Å²) in [5.74, 6) is 1.25. The van der Waals surface area contributed by atoms with Crippen molar-refractivity contribution in [2.24, 2.45) is 5.92 Å². The molecule has 0 bridgehead atoms. The van der Waals surface area contributed by atoms with Crippen molar-refractivity contribution in [3.63, 3.8) is 0 Å². The Morgan fingerprint density at radius 3 is 2.26 bits per heavy atom. The van der Waals surface area contributed by atoms with Crippen molar-refractivity contribution in [2.45, 2.75) is 71.6 Å². The van der Waals surface area contributed by atoms with Crippen LogP contribution in [0.25, 0.3) is 0 Å². The summed E-state index contributed by atoms with van der Waals surface area (Å²) in [6.07, 6.45) is 5.98. The summed E-state index contributed by atoms with van der Waals surface area (Å²) in [6, 6.07) is 9.63. The van der Waals surface area contributed by atoms with E-state index in [1.807, 2.05) is 44.2 Å². The van der Waals surface area contributed by atoms with Crippen LogP contribution in [0.1, 0.15) is 66.2 Å². The molecule has 2 atom stereocenters. The monoisotopic (exact) mass is 340 g/mol. The number of unbranched alkanes of at least 4 members (excludes halogenated alkanes) is 1. The van der Waals surface area contributed by atoms with Gasteiger partial charge in [-0.15, -0.1) is 0 Å². The van der Waals surface area contributed by atoms with Gasteiger partial charge in [-0.2, -0.15) is 0 Å². The summed E-state index contributed by atoms with van der Waals surface area (Å²) in [5.41, 5.74) is 0. The van der Waals surface area contributed by atoms with Gasteiger partial charge < -0.3 is 9.26 Å². The summed E-state index contributed by atoms with van der Waals surface area (Å²) in [7, 11) is -2.29. The standard InChI is InChI=1S/C19H33O3P/c1-5-9-13-17(6-2)16-21-23(20)19(7-3,8-4)22-18-14-11-10-12-15-18/h10-12,14-15,17,23H,5-9,13,16H2,1-4H3. The lowest BCUT2D eigenvalue weighted by Crippen LogP contribution is -2.31. The Morgan fingerprint density at radius 1 is 1.09 bits per heavy atom. The van der Waals surface area contributed by atoms with Crippen LogP contribution in [0, 0.1) is 5.92 Å². The Kier molecular flexibility index (Phi) is 9.59. The van der Waals surface area contributed by atoms with Crippen molar-refractivity contribution < 1.29 is 13.8 Å². The van der Waals surface area contributed by atoms with Gasteiger partial charge in [0, 0.05) is 0 Å². The van der Waals surface area contributed by atoms with Crippen molar-refractivity contribution in [1.29, 1.82) is 0 Å². The molecule has 2 unspecified atom stereocenters. The van der Waals surface area contributed by atoms with Crippen LogP contribution in [-0.2, 0) is 9.09 Å². The van der Waals surface area contributed by atoms with Crippen LogP contribution in [0.5, 0.6) is 5.75 Å². The van der Waals surface area contributed by atoms with E-state index in [0.717, 1.165) is 18.6 Å². The molecule has 0 radical (unpaired) electrons. The zero-order valence-corrected chi connectivity index (χ0v) is 16.1. The van der Waals surface area contributed by atoms with Gasteiger partial charge in [0.25, 0.3) is 0 Å². The molecule has 0 aliphatic heterocycles. The molecule has 1 rings (SSSR count). The molecule has 0 fully saturated rings. The molecule has 0 aliphatic carbocycles. The van der Waals surface area contributed by atoms with Crippen LogP contribution in [-0.4, -0.2) is 11.9 Å². The van der Waals surface area contributed by atoms with Gasteiger partial charge in [0.1, 0.15) is 5.75 Å². The Morgan fingerprint density at radius 2 is 1.74 bits per heavy atom. The maximum Gasteiger partial charge on any atom is 0.233 e. The van der Waals surface area contributed by atoms with Crippen LogP contribution in [0.15, 0.2) is 30.3 Å². The summed E-state index contributed by atoms with van der Waals surface area (Å²) < 4.78 is 24.8. The summed E-state index contributed by atoms with van der Waals surface area (Å²) >= 11 is 0. The first-order valence-corrected chi connectivity index (χ1v) is 10.3. The molecule has 0 aliphatic rings. The van der Waals surface area contributed by atoms with Gasteiger partial charge in [-0.1, -0.05) is 65.2 Å². The largest absolute Gasteiger partial charge is 0.477 e. The predicted molar refractivity (Wildman–Crippen MR) is 98.6 cm³/mol. The second-order valence-corrected chi connectivity index (χ2v) is 7.91. The summed E-state index contributed by atoms with van der Waals surface area (Å²) in [5, 5.41) is -0.699. The van der Waals surface area contributed by atoms with E-state index in [1.54, 1.807) is 0 Å². The van der Waals surface area contributed by atoms with Crippen molar-refractivity contribution >= 4 is 8.03 Å². The molecule has 4 heteroatoms. The summed E-state index contributed by atoms with van der Waals surface area (Å²) in [4.78, 5) is 0. The van der Waals surface area contributed by atoms with Crippen molar-refractivity contribution in [3.05, 3.63) is 30.3 Å². The van der Waals surface area contributed by atoms with Gasteiger partial charge in [0.2, 0.25) is 8.03 Å². The van der Waals surface area contributed by atoms with Gasteiger partial charge in [-0.05, 0) is 37.3 Å². The first-order chi connectivity index (χ1) is 11.1. The molecule has 0 heterocycles. The number of hydrogen-bond acceptors (Lipinski definition) is 3. The van der Waals surface area contributed by atoms with E-state index in [4.69, 9.17) is 9.26 Å². The second kappa shape index (κ2) is 10.9. The molecular formula is C19H33O3P. The zero-order valence-electron chi connectivity index (χ0n) is 15.1. The van der Waals surface area contributed by atoms with Crippen LogP contribution in [0.4, 0.5) is 0 Å². The zero-order chi connectivity index (χ0) is 17.1. The SMILES string of the molecule is CCCCC(CC)CO[PH](=O)C(CC)(CC)Oc1ccccc1. The fourth-order valence-electron chi connectivity index (χ4n) is 2.66. The molecule has 0 N–H and O–H groups in total. The highest BCUT2D eigenvalue weighted by molar-refractivity contribution is 7.40. The topological polar surface area (TPSA) is 35.5 Å². The van der Waals surface area contributed by atoms with Crippen LogP contribution in [0.3, 0.4) is 0 Å². The van der Waals surface area contributed by atoms with Gasteiger partial charge in [-0.25, -0.2) is 0 Å². The Balaban J connectivity index is 2.70. The minimum atomic E-state index is -2.29. The molecule has 0 saturated carbocycles. The minimum absolute atomic E-state index is 0.493. The van der Waals surface area contributed by atoms with E-state index in [2.05, 4.69) is 13.8 Å². The van der Waals surface area contributed by atoms with Crippen LogP contribution in [0.2, 0.25) is 0 Å². The van der Waals surface area contributed by atoms with Crippen LogP contribution < -0.4 is 4.74 Å². The average Bonchev–Trinajstić information content (AvgIpc) is 2.60. The van der Waals surface area contributed by atoms with Crippen molar-refractivity contribution in [1.82, 2.24) is 0 Å². The van der Waals surface area contributed by atoms with Gasteiger partial charge in [0.15, 0.2) is 5.34 Å². The van der Waals surface area contributed by atoms with E-state index >= 15 is 0 Å². The molecule has 132 valence electrons. The molecule has 23 heavy (non-hydrogen) atoms. The maximum atomic E-state index is 12.9. The predicted octanol–water partition coefficient (Wildman–Crippen LogP) is 6.29. The first kappa shape index (κ1) is 20.3. The van der Waals surface area contributed by atoms with E-state index in [0.29, 0.717) is 25.4 Å². The quantitative estimate of drug-likeness (QED) is 0.419. The lowest BCUT2D eigenvalue weighted by Gasteiger charge is -2.32. The third kappa shape index (κ3) is 6.31. The first-order valence-electron chi connectivity index (χ1n) is 9.03. The number of benzene rings is 1. The Bertz CT molecular complexity index is 443. The van der Waals surface area contributed by atoms with Gasteiger partial charge in [0.05, 0.1) is 6.61 Å². The van der Waals surface area contributed by atoms with E-state index < -0.39 is 13.4 Å². The molecule has 0 spiro atoms. The van der Waals surface area contributed by atoms with Gasteiger partial charge in [-0.3, -0.25) is 4.57 Å². The molecule has 3 nitrogen and oxygen atoms in total. The third-order valence-corrected chi connectivity index (χ3v) is 6.55. The number of rotatable bonds is 12. The molecular weight excluding hydrogens is 307 g/mol. The van der Waals surface area contributed by atoms with Gasteiger partial charge >= 0.3 is 0 Å². The highest BCUT2D eigenvalue weighted by Crippen LogP contribution is 2.46. The normalized spacial score (nSPS) is 14.4. The average molecular weight is 340 g/mol. The molecule has 0 aromatic heterocycles. The molecule has 1 aromatic carbocycles. The van der Waals surface area contributed by atoms with Crippen LogP contribution >= 0.6 is 8.03 Å². The van der Waals surface area contributed by atoms with Crippen molar-refractivity contribution in [2.75, 3.05) is 6.61 Å². The lowest BCUT2D eigenvalue weighted by atomic mass is 10.0. The lowest BCUT2D eigenvalue weighted by molar-refractivity contribution is 0.119. The number of ether oxygens (including phenoxy) is 1. The smallest absolute Gasteiger partial charge is 0.233 e. The maximum absolute atomic E-state index is 12.9. The molecule has 0 amide bonds. The Labute approximate surface area is 142 Å². The van der Waals surface area contributed by atoms with Crippen molar-refractivity contribution in [3.8, 4) is 5.75 Å². The number of para-hydroxylation sites is 1. The second-order valence-electron chi connectivity index (χ2n) is 6.13. The third-order valence-electron chi connectivity index (χ3n) is 4.56. The number of hydrogen-bond donors (Lipinski definition) is 0. The Hall–Kier alpha value is -0.790. The fourth-order valence-corrected chi connectivity index (χ4v) is 4.09. The van der Waals surface area contributed by atoms with E-state index in [1.165, 1.54) is 12.8 Å². The molecule has 0 saturated heterocycles. The highest BCUT2D eigenvalue weighted by atomic mass is 31.1. The molecule has 1 aromatic rings.